The number of hydrogen-bond donors (Lipinski definition) is 3. The number of aromatic nitrogens is 2. The smallest absolute Gasteiger partial charge is 0.230 e. The van der Waals surface area contributed by atoms with Gasteiger partial charge in [0.15, 0.2) is 4.34 Å². The molecule has 0 aliphatic carbocycles. The van der Waals surface area contributed by atoms with Crippen molar-refractivity contribution in [1.82, 2.24) is 15.5 Å². The normalized spacial score (nSPS) is 16.1. The van der Waals surface area contributed by atoms with E-state index in [0.717, 1.165) is 55.3 Å². The van der Waals surface area contributed by atoms with E-state index in [0.29, 0.717) is 5.75 Å². The van der Waals surface area contributed by atoms with Gasteiger partial charge >= 0.3 is 0 Å². The first-order chi connectivity index (χ1) is 11.4. The number of carbonyl (C=O) groups is 1. The molecule has 2 rings (SSSR count). The van der Waals surface area contributed by atoms with Gasteiger partial charge in [-0.1, -0.05) is 23.1 Å². The molecule has 136 valence electrons. The Kier molecular flexibility index (Phi) is 7.73. The number of anilines is 1. The predicted octanol–water partition coefficient (Wildman–Crippen LogP) is 0.262. The SMILES string of the molecule is CC(C)(C)NC(=O)CSc1nnc(NCCC[NH+]2CCOCC2)s1. The first kappa shape index (κ1) is 19.4. The summed E-state index contributed by atoms with van der Waals surface area (Å²) >= 11 is 2.93. The van der Waals surface area contributed by atoms with Crippen LogP contribution in [0.1, 0.15) is 27.2 Å². The lowest BCUT2D eigenvalue weighted by molar-refractivity contribution is -0.908. The highest BCUT2D eigenvalue weighted by molar-refractivity contribution is 8.01. The Balaban J connectivity index is 1.61. The number of carbonyl (C=O) groups excluding carboxylic acids is 1. The van der Waals surface area contributed by atoms with Crippen LogP contribution in [0.2, 0.25) is 0 Å². The molecule has 1 aromatic rings. The van der Waals surface area contributed by atoms with Crippen LogP contribution in [0.15, 0.2) is 4.34 Å². The van der Waals surface area contributed by atoms with Crippen LogP contribution in [0, 0.1) is 0 Å². The molecule has 1 aliphatic rings. The number of quaternary nitrogens is 1. The van der Waals surface area contributed by atoms with E-state index in [4.69, 9.17) is 4.74 Å². The zero-order valence-electron chi connectivity index (χ0n) is 14.7. The number of nitrogens with one attached hydrogen (secondary N) is 3. The lowest BCUT2D eigenvalue weighted by atomic mass is 10.1. The summed E-state index contributed by atoms with van der Waals surface area (Å²) in [5.74, 6) is 0.387. The Bertz CT molecular complexity index is 512. The fourth-order valence-electron chi connectivity index (χ4n) is 2.36. The Hall–Kier alpha value is -0.900. The van der Waals surface area contributed by atoms with E-state index < -0.39 is 0 Å². The maximum absolute atomic E-state index is 11.8. The average Bonchev–Trinajstić information content (AvgIpc) is 2.97. The summed E-state index contributed by atoms with van der Waals surface area (Å²) in [6.45, 7) is 11.9. The van der Waals surface area contributed by atoms with E-state index in [-0.39, 0.29) is 11.4 Å². The van der Waals surface area contributed by atoms with Crippen LogP contribution in [0.4, 0.5) is 5.13 Å². The lowest BCUT2D eigenvalue weighted by Gasteiger charge is -2.23. The summed E-state index contributed by atoms with van der Waals surface area (Å²) in [5.41, 5.74) is -0.200. The number of ether oxygens (including phenoxy) is 1. The fourth-order valence-corrected chi connectivity index (χ4v) is 3.94. The van der Waals surface area contributed by atoms with Gasteiger partial charge in [-0.3, -0.25) is 4.79 Å². The number of morpholine rings is 1. The molecule has 1 aliphatic heterocycles. The van der Waals surface area contributed by atoms with Gasteiger partial charge < -0.3 is 20.3 Å². The second kappa shape index (κ2) is 9.55. The molecule has 0 aromatic carbocycles. The standard InChI is InChI=1S/C15H27N5O2S2/c1-15(2,3)17-12(21)11-23-14-19-18-13(24-14)16-5-4-6-20-7-9-22-10-8-20/h4-11H2,1-3H3,(H,16,18)(H,17,21)/p+1. The van der Waals surface area contributed by atoms with Crippen molar-refractivity contribution in [2.45, 2.75) is 37.1 Å². The molecule has 0 spiro atoms. The molecular formula is C15H28N5O2S2+. The highest BCUT2D eigenvalue weighted by Crippen LogP contribution is 2.25. The summed E-state index contributed by atoms with van der Waals surface area (Å²) in [6.07, 6.45) is 1.10. The molecule has 24 heavy (non-hydrogen) atoms. The number of rotatable bonds is 8. The number of hydrogen-bond acceptors (Lipinski definition) is 7. The van der Waals surface area contributed by atoms with Gasteiger partial charge in [-0.2, -0.15) is 0 Å². The third kappa shape index (κ3) is 7.78. The van der Waals surface area contributed by atoms with Crippen molar-refractivity contribution >= 4 is 34.1 Å². The second-order valence-electron chi connectivity index (χ2n) is 6.85. The monoisotopic (exact) mass is 374 g/mol. The Morgan fingerprint density at radius 3 is 2.79 bits per heavy atom. The molecule has 1 fully saturated rings. The summed E-state index contributed by atoms with van der Waals surface area (Å²) in [7, 11) is 0. The van der Waals surface area contributed by atoms with Crippen LogP contribution in [-0.2, 0) is 9.53 Å². The quantitative estimate of drug-likeness (QED) is 0.447. The van der Waals surface area contributed by atoms with Gasteiger partial charge in [-0.05, 0) is 20.8 Å². The highest BCUT2D eigenvalue weighted by atomic mass is 32.2. The largest absolute Gasteiger partial charge is 0.370 e. The number of amides is 1. The average molecular weight is 375 g/mol. The Morgan fingerprint density at radius 1 is 1.33 bits per heavy atom. The highest BCUT2D eigenvalue weighted by Gasteiger charge is 2.15. The van der Waals surface area contributed by atoms with E-state index in [1.54, 1.807) is 4.90 Å². The van der Waals surface area contributed by atoms with Gasteiger partial charge in [0.2, 0.25) is 11.0 Å². The van der Waals surface area contributed by atoms with Gasteiger partial charge in [-0.25, -0.2) is 0 Å². The zero-order chi connectivity index (χ0) is 17.4. The molecule has 2 heterocycles. The molecule has 0 saturated carbocycles. The van der Waals surface area contributed by atoms with Gasteiger partial charge in [-0.15, -0.1) is 10.2 Å². The van der Waals surface area contributed by atoms with Crippen molar-refractivity contribution in [3.63, 3.8) is 0 Å². The van der Waals surface area contributed by atoms with E-state index in [1.165, 1.54) is 23.1 Å². The van der Waals surface area contributed by atoms with E-state index in [9.17, 15) is 4.79 Å². The van der Waals surface area contributed by atoms with E-state index in [2.05, 4.69) is 20.8 Å². The molecule has 1 aromatic heterocycles. The van der Waals surface area contributed by atoms with Crippen molar-refractivity contribution in [3.05, 3.63) is 0 Å². The van der Waals surface area contributed by atoms with Crippen LogP contribution in [-0.4, -0.2) is 66.8 Å². The molecule has 0 atom stereocenters. The fraction of sp³-hybridized carbons (Fsp3) is 0.800. The van der Waals surface area contributed by atoms with Crippen molar-refractivity contribution in [1.29, 1.82) is 0 Å². The maximum atomic E-state index is 11.8. The minimum atomic E-state index is -0.200. The number of thioether (sulfide) groups is 1. The molecule has 9 heteroatoms. The molecule has 1 amide bonds. The van der Waals surface area contributed by atoms with Crippen LogP contribution >= 0.6 is 23.1 Å². The molecule has 7 nitrogen and oxygen atoms in total. The minimum absolute atomic E-state index is 0.0192. The minimum Gasteiger partial charge on any atom is -0.370 e. The van der Waals surface area contributed by atoms with Crippen LogP contribution in [0.25, 0.3) is 0 Å². The first-order valence-corrected chi connectivity index (χ1v) is 10.1. The van der Waals surface area contributed by atoms with Gasteiger partial charge in [0.05, 0.1) is 25.5 Å². The van der Waals surface area contributed by atoms with Crippen LogP contribution < -0.4 is 15.5 Å². The third-order valence-electron chi connectivity index (χ3n) is 3.43. The zero-order valence-corrected chi connectivity index (χ0v) is 16.3. The lowest BCUT2D eigenvalue weighted by Crippen LogP contribution is -3.14. The van der Waals surface area contributed by atoms with Crippen molar-refractivity contribution < 1.29 is 14.4 Å². The molecule has 1 saturated heterocycles. The predicted molar refractivity (Wildman–Crippen MR) is 98.0 cm³/mol. The first-order valence-electron chi connectivity index (χ1n) is 8.35. The summed E-state index contributed by atoms with van der Waals surface area (Å²) in [4.78, 5) is 13.4. The Morgan fingerprint density at radius 2 is 2.08 bits per heavy atom. The van der Waals surface area contributed by atoms with Crippen LogP contribution in [0.5, 0.6) is 0 Å². The second-order valence-corrected chi connectivity index (χ2v) is 9.05. The summed E-state index contributed by atoms with van der Waals surface area (Å²) in [6, 6.07) is 0. The van der Waals surface area contributed by atoms with E-state index >= 15 is 0 Å². The topological polar surface area (TPSA) is 80.6 Å². The van der Waals surface area contributed by atoms with Gasteiger partial charge in [0, 0.05) is 18.5 Å². The summed E-state index contributed by atoms with van der Waals surface area (Å²) < 4.78 is 6.18. The molecule has 0 bridgehead atoms. The summed E-state index contributed by atoms with van der Waals surface area (Å²) in [5, 5.41) is 15.3. The molecule has 3 N–H and O–H groups in total. The van der Waals surface area contributed by atoms with Crippen molar-refractivity contribution in [2.75, 3.05) is 50.5 Å². The van der Waals surface area contributed by atoms with Crippen LogP contribution in [0.3, 0.4) is 0 Å². The third-order valence-corrected chi connectivity index (χ3v) is 5.45. The van der Waals surface area contributed by atoms with Crippen molar-refractivity contribution in [3.8, 4) is 0 Å². The molecular weight excluding hydrogens is 346 g/mol. The Labute approximate surface area is 151 Å². The maximum Gasteiger partial charge on any atom is 0.230 e. The number of nitrogens with zero attached hydrogens (tertiary/aromatic N) is 2. The molecule has 0 radical (unpaired) electrons. The molecule has 0 unspecified atom stereocenters. The van der Waals surface area contributed by atoms with Gasteiger partial charge in [0.25, 0.3) is 0 Å². The van der Waals surface area contributed by atoms with Gasteiger partial charge in [0.1, 0.15) is 13.1 Å². The van der Waals surface area contributed by atoms with Crippen molar-refractivity contribution in [2.24, 2.45) is 0 Å². The van der Waals surface area contributed by atoms with E-state index in [1.807, 2.05) is 20.8 Å².